The fourth-order valence-electron chi connectivity index (χ4n) is 1.71. The minimum absolute atomic E-state index is 0.0218. The van der Waals surface area contributed by atoms with Gasteiger partial charge >= 0.3 is 0 Å². The molecule has 0 aliphatic rings. The summed E-state index contributed by atoms with van der Waals surface area (Å²) in [5.74, 6) is 0.856. The van der Waals surface area contributed by atoms with Gasteiger partial charge < -0.3 is 15.7 Å². The Morgan fingerprint density at radius 1 is 1.30 bits per heavy atom. The summed E-state index contributed by atoms with van der Waals surface area (Å²) in [6, 6.07) is 0. The quantitative estimate of drug-likeness (QED) is 0.704. The van der Waals surface area contributed by atoms with Gasteiger partial charge in [-0.05, 0) is 6.42 Å². The molecule has 2 aromatic heterocycles. The number of unbranched alkanes of at least 4 members (excludes halogenated alkanes) is 1. The summed E-state index contributed by atoms with van der Waals surface area (Å²) in [5, 5.41) is 13.1. The molecule has 2 aromatic rings. The van der Waals surface area contributed by atoms with Gasteiger partial charge in [-0.3, -0.25) is 0 Å². The maximum atomic E-state index is 9.15. The number of rotatable bonds is 7. The molecule has 2 rings (SSSR count). The number of nitrogens with zero attached hydrogens (tertiary/aromatic N) is 7. The minimum Gasteiger partial charge on any atom is -0.395 e. The van der Waals surface area contributed by atoms with Gasteiger partial charge in [-0.1, -0.05) is 13.3 Å². The normalized spacial score (nSPS) is 10.7. The third-order valence-corrected chi connectivity index (χ3v) is 2.69. The van der Waals surface area contributed by atoms with Gasteiger partial charge in [-0.15, -0.1) is 0 Å². The van der Waals surface area contributed by atoms with Gasteiger partial charge in [-0.2, -0.15) is 24.7 Å². The van der Waals surface area contributed by atoms with Crippen molar-refractivity contribution in [1.82, 2.24) is 29.7 Å². The van der Waals surface area contributed by atoms with Gasteiger partial charge in [0.05, 0.1) is 6.61 Å². The van der Waals surface area contributed by atoms with Crippen LogP contribution in [0.3, 0.4) is 0 Å². The van der Waals surface area contributed by atoms with E-state index in [-0.39, 0.29) is 12.6 Å². The molecule has 0 fully saturated rings. The monoisotopic (exact) mass is 278 g/mol. The lowest BCUT2D eigenvalue weighted by Crippen LogP contribution is -2.30. The molecule has 0 atom stereocenters. The van der Waals surface area contributed by atoms with E-state index < -0.39 is 0 Å². The smallest absolute Gasteiger partial charge is 0.258 e. The second kappa shape index (κ2) is 6.75. The summed E-state index contributed by atoms with van der Waals surface area (Å²) in [6.07, 6.45) is 4.89. The van der Waals surface area contributed by atoms with Crippen molar-refractivity contribution < 1.29 is 5.11 Å². The van der Waals surface area contributed by atoms with Crippen LogP contribution >= 0.6 is 0 Å². The van der Waals surface area contributed by atoms with Crippen molar-refractivity contribution in [2.45, 2.75) is 19.8 Å². The molecule has 0 aromatic carbocycles. The van der Waals surface area contributed by atoms with Gasteiger partial charge in [0.25, 0.3) is 5.95 Å². The molecule has 2 heterocycles. The Morgan fingerprint density at radius 3 is 2.80 bits per heavy atom. The third-order valence-electron chi connectivity index (χ3n) is 2.69. The molecule has 0 aliphatic carbocycles. The van der Waals surface area contributed by atoms with Crippen molar-refractivity contribution in [1.29, 1.82) is 0 Å². The number of nitrogens with two attached hydrogens (primary N) is 1. The molecule has 0 spiro atoms. The highest BCUT2D eigenvalue weighted by atomic mass is 16.3. The first-order valence-corrected chi connectivity index (χ1v) is 6.47. The maximum absolute atomic E-state index is 9.15. The highest BCUT2D eigenvalue weighted by Crippen LogP contribution is 2.11. The van der Waals surface area contributed by atoms with Crippen LogP contribution in [0.15, 0.2) is 12.7 Å². The molecule has 0 radical (unpaired) electrons. The van der Waals surface area contributed by atoms with Crippen molar-refractivity contribution in [2.75, 3.05) is 30.3 Å². The molecular formula is C11H18N8O. The fourth-order valence-corrected chi connectivity index (χ4v) is 1.71. The van der Waals surface area contributed by atoms with E-state index in [1.54, 1.807) is 0 Å². The van der Waals surface area contributed by atoms with Gasteiger partial charge in [-0.25, -0.2) is 4.98 Å². The Bertz CT molecular complexity index is 529. The van der Waals surface area contributed by atoms with Crippen LogP contribution < -0.4 is 10.6 Å². The Morgan fingerprint density at radius 2 is 2.15 bits per heavy atom. The molecule has 0 saturated heterocycles. The lowest BCUT2D eigenvalue weighted by molar-refractivity contribution is 0.301. The highest BCUT2D eigenvalue weighted by Gasteiger charge is 2.13. The third kappa shape index (κ3) is 3.38. The van der Waals surface area contributed by atoms with Crippen LogP contribution in [0, 0.1) is 0 Å². The second-order valence-electron chi connectivity index (χ2n) is 4.20. The number of anilines is 2. The summed E-state index contributed by atoms with van der Waals surface area (Å²) in [7, 11) is 0. The standard InChI is InChI=1S/C11H18N8O/c1-2-3-4-18(5-6-20)10-15-9(12)16-11(17-10)19-8-13-7-14-19/h7-8,20H,2-6H2,1H3,(H2,12,15,16,17). The average molecular weight is 278 g/mol. The zero-order chi connectivity index (χ0) is 14.4. The maximum Gasteiger partial charge on any atom is 0.258 e. The van der Waals surface area contributed by atoms with Crippen LogP contribution in [0.4, 0.5) is 11.9 Å². The molecule has 9 heteroatoms. The number of hydrogen-bond acceptors (Lipinski definition) is 8. The van der Waals surface area contributed by atoms with Crippen LogP contribution in [0.2, 0.25) is 0 Å². The molecule has 0 saturated carbocycles. The van der Waals surface area contributed by atoms with Crippen molar-refractivity contribution in [2.24, 2.45) is 0 Å². The lowest BCUT2D eigenvalue weighted by atomic mass is 10.3. The molecule has 3 N–H and O–H groups in total. The Balaban J connectivity index is 2.29. The summed E-state index contributed by atoms with van der Waals surface area (Å²) >= 11 is 0. The first-order valence-electron chi connectivity index (χ1n) is 6.47. The van der Waals surface area contributed by atoms with Gasteiger partial charge in [0.2, 0.25) is 11.9 Å². The van der Waals surface area contributed by atoms with Crippen LogP contribution in [-0.4, -0.2) is 54.5 Å². The van der Waals surface area contributed by atoms with Gasteiger partial charge in [0, 0.05) is 13.1 Å². The molecule has 9 nitrogen and oxygen atoms in total. The van der Waals surface area contributed by atoms with Crippen molar-refractivity contribution in [3.63, 3.8) is 0 Å². The van der Waals surface area contributed by atoms with E-state index in [0.29, 0.717) is 18.4 Å². The minimum atomic E-state index is 0.0218. The molecule has 0 bridgehead atoms. The summed E-state index contributed by atoms with van der Waals surface area (Å²) in [6.45, 7) is 3.31. The Hall–Kier alpha value is -2.29. The van der Waals surface area contributed by atoms with E-state index in [1.165, 1.54) is 17.3 Å². The van der Waals surface area contributed by atoms with Gasteiger partial charge in [0.1, 0.15) is 12.7 Å². The molecule has 0 amide bonds. The average Bonchev–Trinajstić information content (AvgIpc) is 2.97. The largest absolute Gasteiger partial charge is 0.395 e. The number of nitrogen functional groups attached to an aromatic ring is 1. The SMILES string of the molecule is CCCCN(CCO)c1nc(N)nc(-n2cncn2)n1. The summed E-state index contributed by atoms with van der Waals surface area (Å²) < 4.78 is 1.42. The van der Waals surface area contributed by atoms with Crippen molar-refractivity contribution >= 4 is 11.9 Å². The lowest BCUT2D eigenvalue weighted by Gasteiger charge is -2.21. The van der Waals surface area contributed by atoms with E-state index in [4.69, 9.17) is 10.8 Å². The first kappa shape index (κ1) is 14.1. The zero-order valence-electron chi connectivity index (χ0n) is 11.3. The molecule has 0 aliphatic heterocycles. The van der Waals surface area contributed by atoms with E-state index in [2.05, 4.69) is 32.0 Å². The molecule has 108 valence electrons. The van der Waals surface area contributed by atoms with Crippen molar-refractivity contribution in [3.8, 4) is 5.95 Å². The second-order valence-corrected chi connectivity index (χ2v) is 4.20. The first-order chi connectivity index (χ1) is 9.74. The highest BCUT2D eigenvalue weighted by molar-refractivity contribution is 5.37. The van der Waals surface area contributed by atoms with Gasteiger partial charge in [0.15, 0.2) is 0 Å². The molecule has 0 unspecified atom stereocenters. The van der Waals surface area contributed by atoms with E-state index >= 15 is 0 Å². The number of hydrogen-bond donors (Lipinski definition) is 2. The topological polar surface area (TPSA) is 119 Å². The van der Waals surface area contributed by atoms with E-state index in [1.807, 2.05) is 4.90 Å². The summed E-state index contributed by atoms with van der Waals surface area (Å²) in [4.78, 5) is 18.2. The fraction of sp³-hybridized carbons (Fsp3) is 0.545. The van der Waals surface area contributed by atoms with E-state index in [0.717, 1.165) is 19.4 Å². The van der Waals surface area contributed by atoms with E-state index in [9.17, 15) is 0 Å². The van der Waals surface area contributed by atoms with Crippen LogP contribution in [0.1, 0.15) is 19.8 Å². The zero-order valence-corrected chi connectivity index (χ0v) is 11.3. The predicted octanol–water partition coefficient (Wildman–Crippen LogP) is -0.367. The Labute approximate surface area is 116 Å². The Kier molecular flexibility index (Phi) is 4.77. The number of aliphatic hydroxyl groups is 1. The number of aliphatic hydroxyl groups excluding tert-OH is 1. The van der Waals surface area contributed by atoms with Crippen LogP contribution in [-0.2, 0) is 0 Å². The van der Waals surface area contributed by atoms with Crippen LogP contribution in [0.25, 0.3) is 5.95 Å². The van der Waals surface area contributed by atoms with Crippen LogP contribution in [0.5, 0.6) is 0 Å². The summed E-state index contributed by atoms with van der Waals surface area (Å²) in [5.41, 5.74) is 5.72. The molecular weight excluding hydrogens is 260 g/mol. The number of aromatic nitrogens is 6. The predicted molar refractivity (Wildman–Crippen MR) is 73.4 cm³/mol. The molecule has 20 heavy (non-hydrogen) atoms. The van der Waals surface area contributed by atoms with Crippen molar-refractivity contribution in [3.05, 3.63) is 12.7 Å².